The highest BCUT2D eigenvalue weighted by Crippen LogP contribution is 2.42. The molecule has 0 spiro atoms. The van der Waals surface area contributed by atoms with Crippen molar-refractivity contribution in [2.75, 3.05) is 0 Å². The summed E-state index contributed by atoms with van der Waals surface area (Å²) >= 11 is 0. The average molecular weight is 278 g/mol. The van der Waals surface area contributed by atoms with Crippen molar-refractivity contribution in [2.45, 2.75) is 32.0 Å². The van der Waals surface area contributed by atoms with E-state index in [0.717, 1.165) is 6.42 Å². The molecule has 0 radical (unpaired) electrons. The SMILES string of the molecule is C[Si](C)(C)C1=Cc2ccccc2C1Cc1ccccc1. The molecule has 0 bridgehead atoms. The van der Waals surface area contributed by atoms with Crippen LogP contribution in [-0.2, 0) is 6.42 Å². The Balaban J connectivity index is 2.00. The van der Waals surface area contributed by atoms with Gasteiger partial charge in [-0.25, -0.2) is 0 Å². The van der Waals surface area contributed by atoms with Crippen molar-refractivity contribution in [1.29, 1.82) is 0 Å². The van der Waals surface area contributed by atoms with Gasteiger partial charge in [-0.1, -0.05) is 85.5 Å². The van der Waals surface area contributed by atoms with Gasteiger partial charge in [0.05, 0.1) is 8.07 Å². The van der Waals surface area contributed by atoms with Crippen molar-refractivity contribution in [3.8, 4) is 0 Å². The molecule has 0 heterocycles. The molecule has 0 N–H and O–H groups in total. The Kier molecular flexibility index (Phi) is 3.39. The second kappa shape index (κ2) is 5.06. The predicted molar refractivity (Wildman–Crippen MR) is 90.7 cm³/mol. The molecule has 0 aliphatic heterocycles. The van der Waals surface area contributed by atoms with Crippen LogP contribution in [-0.4, -0.2) is 8.07 Å². The minimum atomic E-state index is -1.28. The lowest BCUT2D eigenvalue weighted by Crippen LogP contribution is -2.27. The van der Waals surface area contributed by atoms with Crippen LogP contribution >= 0.6 is 0 Å². The van der Waals surface area contributed by atoms with Gasteiger partial charge in [-0.2, -0.15) is 0 Å². The Morgan fingerprint density at radius 1 is 0.850 bits per heavy atom. The molecule has 1 aliphatic rings. The quantitative estimate of drug-likeness (QED) is 0.669. The van der Waals surface area contributed by atoms with Crippen LogP contribution in [0.1, 0.15) is 22.6 Å². The maximum Gasteiger partial charge on any atom is 0.0732 e. The standard InChI is InChI=1S/C19H22Si/c1-20(2,3)19-14-16-11-7-8-12-17(16)18(19)13-15-9-5-4-6-10-15/h4-12,14,18H,13H2,1-3H3. The van der Waals surface area contributed by atoms with Gasteiger partial charge in [0.1, 0.15) is 0 Å². The molecule has 2 aromatic rings. The van der Waals surface area contributed by atoms with E-state index in [1.165, 1.54) is 16.7 Å². The van der Waals surface area contributed by atoms with Crippen LogP contribution in [0.25, 0.3) is 6.08 Å². The molecule has 20 heavy (non-hydrogen) atoms. The van der Waals surface area contributed by atoms with E-state index in [1.807, 2.05) is 0 Å². The van der Waals surface area contributed by atoms with Crippen LogP contribution in [0.5, 0.6) is 0 Å². The third-order valence-electron chi connectivity index (χ3n) is 4.21. The zero-order chi connectivity index (χ0) is 14.2. The number of hydrogen-bond donors (Lipinski definition) is 0. The van der Waals surface area contributed by atoms with Crippen molar-refractivity contribution in [1.82, 2.24) is 0 Å². The smallest absolute Gasteiger partial charge is 0.0728 e. The topological polar surface area (TPSA) is 0 Å². The maximum atomic E-state index is 2.47. The molecule has 0 amide bonds. The molecule has 3 rings (SSSR count). The normalized spacial score (nSPS) is 17.8. The fourth-order valence-electron chi connectivity index (χ4n) is 3.20. The largest absolute Gasteiger partial charge is 0.0732 e. The van der Waals surface area contributed by atoms with Crippen molar-refractivity contribution in [3.63, 3.8) is 0 Å². The van der Waals surface area contributed by atoms with Crippen molar-refractivity contribution >= 4 is 14.1 Å². The first-order valence-corrected chi connectivity index (χ1v) is 10.9. The summed E-state index contributed by atoms with van der Waals surface area (Å²) in [6.45, 7) is 7.38. The van der Waals surface area contributed by atoms with Gasteiger partial charge in [0.15, 0.2) is 0 Å². The van der Waals surface area contributed by atoms with E-state index in [0.29, 0.717) is 5.92 Å². The number of rotatable bonds is 3. The van der Waals surface area contributed by atoms with E-state index in [4.69, 9.17) is 0 Å². The summed E-state index contributed by atoms with van der Waals surface area (Å²) in [6, 6.07) is 19.8. The van der Waals surface area contributed by atoms with Gasteiger partial charge in [-0.05, 0) is 23.1 Å². The van der Waals surface area contributed by atoms with Gasteiger partial charge < -0.3 is 0 Å². The Morgan fingerprint density at radius 2 is 1.50 bits per heavy atom. The van der Waals surface area contributed by atoms with Crippen molar-refractivity contribution in [2.24, 2.45) is 0 Å². The Morgan fingerprint density at radius 3 is 2.20 bits per heavy atom. The van der Waals surface area contributed by atoms with Gasteiger partial charge in [0.25, 0.3) is 0 Å². The summed E-state index contributed by atoms with van der Waals surface area (Å²) in [6.07, 6.45) is 3.60. The molecular formula is C19H22Si. The van der Waals surface area contributed by atoms with E-state index < -0.39 is 8.07 Å². The molecule has 1 atom stereocenters. The van der Waals surface area contributed by atoms with Gasteiger partial charge in [-0.3, -0.25) is 0 Å². The fraction of sp³-hybridized carbons (Fsp3) is 0.263. The fourth-order valence-corrected chi connectivity index (χ4v) is 5.10. The molecule has 0 saturated carbocycles. The van der Waals surface area contributed by atoms with Crippen LogP contribution in [0.2, 0.25) is 19.6 Å². The molecular weight excluding hydrogens is 256 g/mol. The maximum absolute atomic E-state index is 2.47. The first-order valence-electron chi connectivity index (χ1n) is 7.40. The predicted octanol–water partition coefficient (Wildman–Crippen LogP) is 5.29. The van der Waals surface area contributed by atoms with Crippen molar-refractivity contribution < 1.29 is 0 Å². The van der Waals surface area contributed by atoms with Gasteiger partial charge >= 0.3 is 0 Å². The van der Waals surface area contributed by atoms with Crippen LogP contribution in [0.4, 0.5) is 0 Å². The van der Waals surface area contributed by atoms with E-state index in [1.54, 1.807) is 5.20 Å². The number of fused-ring (bicyclic) bond motifs is 1. The van der Waals surface area contributed by atoms with Gasteiger partial charge in [0.2, 0.25) is 0 Å². The first-order chi connectivity index (χ1) is 9.55. The monoisotopic (exact) mass is 278 g/mol. The van der Waals surface area contributed by atoms with Gasteiger partial charge in [0, 0.05) is 5.92 Å². The van der Waals surface area contributed by atoms with E-state index in [-0.39, 0.29) is 0 Å². The van der Waals surface area contributed by atoms with E-state index >= 15 is 0 Å². The minimum Gasteiger partial charge on any atom is -0.0728 e. The second-order valence-electron chi connectivity index (χ2n) is 6.72. The highest BCUT2D eigenvalue weighted by Gasteiger charge is 2.33. The molecule has 2 aromatic carbocycles. The number of benzene rings is 2. The minimum absolute atomic E-state index is 0.584. The molecule has 0 saturated heterocycles. The summed E-state index contributed by atoms with van der Waals surface area (Å²) in [4.78, 5) is 0. The van der Waals surface area contributed by atoms with E-state index in [9.17, 15) is 0 Å². The number of allylic oxidation sites excluding steroid dienone is 1. The van der Waals surface area contributed by atoms with E-state index in [2.05, 4.69) is 80.3 Å². The first kappa shape index (κ1) is 13.4. The zero-order valence-corrected chi connectivity index (χ0v) is 13.6. The molecule has 1 aliphatic carbocycles. The lowest BCUT2D eigenvalue weighted by molar-refractivity contribution is 0.830. The van der Waals surface area contributed by atoms with Crippen LogP contribution < -0.4 is 0 Å². The molecule has 102 valence electrons. The second-order valence-corrected chi connectivity index (χ2v) is 11.8. The van der Waals surface area contributed by atoms with Crippen molar-refractivity contribution in [3.05, 3.63) is 76.5 Å². The van der Waals surface area contributed by atoms with Crippen LogP contribution in [0.3, 0.4) is 0 Å². The Hall–Kier alpha value is -1.60. The number of hydrogen-bond acceptors (Lipinski definition) is 0. The average Bonchev–Trinajstić information content (AvgIpc) is 2.79. The molecule has 0 nitrogen and oxygen atoms in total. The third-order valence-corrected chi connectivity index (χ3v) is 6.43. The lowest BCUT2D eigenvalue weighted by Gasteiger charge is -2.26. The highest BCUT2D eigenvalue weighted by atomic mass is 28.3. The molecule has 1 heteroatoms. The Labute approximate surface area is 123 Å². The Bertz CT molecular complexity index is 632. The summed E-state index contributed by atoms with van der Waals surface area (Å²) in [7, 11) is -1.28. The molecule has 0 aromatic heterocycles. The lowest BCUT2D eigenvalue weighted by atomic mass is 9.93. The molecule has 1 unspecified atom stereocenters. The van der Waals surface area contributed by atoms with Crippen LogP contribution in [0.15, 0.2) is 59.8 Å². The summed E-state index contributed by atoms with van der Waals surface area (Å²) < 4.78 is 0. The highest BCUT2D eigenvalue weighted by molar-refractivity contribution is 6.84. The van der Waals surface area contributed by atoms with Crippen LogP contribution in [0, 0.1) is 0 Å². The molecule has 0 fully saturated rings. The summed E-state index contributed by atoms with van der Waals surface area (Å²) in [5.41, 5.74) is 4.40. The summed E-state index contributed by atoms with van der Waals surface area (Å²) in [5.74, 6) is 0.584. The summed E-state index contributed by atoms with van der Waals surface area (Å²) in [5, 5.41) is 1.70. The zero-order valence-electron chi connectivity index (χ0n) is 12.6. The van der Waals surface area contributed by atoms with Gasteiger partial charge in [-0.15, -0.1) is 0 Å². The third kappa shape index (κ3) is 2.50.